The highest BCUT2D eigenvalue weighted by Gasteiger charge is 2.29. The average Bonchev–Trinajstić information content (AvgIpc) is 2.89. The van der Waals surface area contributed by atoms with Crippen LogP contribution in [0, 0.1) is 5.82 Å². The number of morpholine rings is 1. The molecule has 0 spiro atoms. The van der Waals surface area contributed by atoms with E-state index in [0.29, 0.717) is 56.2 Å². The molecule has 4 heterocycles. The third-order valence-electron chi connectivity index (χ3n) is 6.76. The number of aromatic carboxylic acids is 1. The number of benzene rings is 1. The number of rotatable bonds is 5. The highest BCUT2D eigenvalue weighted by molar-refractivity contribution is 6.33. The van der Waals surface area contributed by atoms with Crippen LogP contribution in [0.5, 0.6) is 0 Å². The molecule has 0 saturated carbocycles. The molecule has 0 unspecified atom stereocenters. The first kappa shape index (κ1) is 25.2. The van der Waals surface area contributed by atoms with Gasteiger partial charge in [0.25, 0.3) is 0 Å². The molecule has 2 aliphatic heterocycles. The van der Waals surface area contributed by atoms with Crippen molar-refractivity contribution in [2.24, 2.45) is 0 Å². The van der Waals surface area contributed by atoms with Crippen LogP contribution in [0.3, 0.4) is 0 Å². The molecule has 0 radical (unpaired) electrons. The fourth-order valence-corrected chi connectivity index (χ4v) is 5.05. The van der Waals surface area contributed by atoms with E-state index in [1.54, 1.807) is 12.1 Å². The van der Waals surface area contributed by atoms with Crippen molar-refractivity contribution in [3.05, 3.63) is 59.0 Å². The van der Waals surface area contributed by atoms with Gasteiger partial charge in [-0.15, -0.1) is 0 Å². The van der Waals surface area contributed by atoms with Gasteiger partial charge in [-0.25, -0.2) is 19.2 Å². The second-order valence-electron chi connectivity index (χ2n) is 9.36. The van der Waals surface area contributed by atoms with Gasteiger partial charge in [0.15, 0.2) is 0 Å². The molecule has 3 aromatic rings. The van der Waals surface area contributed by atoms with Crippen LogP contribution in [0.4, 0.5) is 22.0 Å². The summed E-state index contributed by atoms with van der Waals surface area (Å²) in [5.41, 5.74) is 1.59. The third kappa shape index (κ3) is 5.30. The zero-order chi connectivity index (χ0) is 26.1. The molecule has 5 rings (SSSR count). The van der Waals surface area contributed by atoms with Gasteiger partial charge >= 0.3 is 5.97 Å². The Balaban J connectivity index is 1.44. The molecule has 2 saturated heterocycles. The monoisotopic (exact) mass is 526 g/mol. The van der Waals surface area contributed by atoms with Gasteiger partial charge in [0.05, 0.1) is 35.5 Å². The molecule has 0 amide bonds. The molecular weight excluding hydrogens is 499 g/mol. The molecular formula is C26H28ClFN6O3. The number of anilines is 3. The van der Waals surface area contributed by atoms with E-state index in [4.69, 9.17) is 26.3 Å². The Morgan fingerprint density at radius 3 is 2.54 bits per heavy atom. The molecule has 2 atom stereocenters. The van der Waals surface area contributed by atoms with Gasteiger partial charge in [-0.05, 0) is 44.2 Å². The summed E-state index contributed by atoms with van der Waals surface area (Å²) in [5, 5.41) is 9.51. The lowest BCUT2D eigenvalue weighted by Crippen LogP contribution is -2.53. The molecule has 0 aliphatic carbocycles. The summed E-state index contributed by atoms with van der Waals surface area (Å²) in [6.07, 6.45) is 1.33. The Hall–Kier alpha value is -3.50. The van der Waals surface area contributed by atoms with Crippen LogP contribution in [-0.4, -0.2) is 77.5 Å². The Morgan fingerprint density at radius 2 is 1.86 bits per heavy atom. The predicted octanol–water partition coefficient (Wildman–Crippen LogP) is 3.97. The topological polar surface area (TPSA) is 94.9 Å². The van der Waals surface area contributed by atoms with Crippen LogP contribution in [-0.2, 0) is 4.74 Å². The number of carboxylic acids is 1. The van der Waals surface area contributed by atoms with E-state index in [2.05, 4.69) is 33.5 Å². The van der Waals surface area contributed by atoms with Gasteiger partial charge < -0.3 is 24.5 Å². The molecule has 1 aromatic carbocycles. The Morgan fingerprint density at radius 1 is 1.08 bits per heavy atom. The fraction of sp³-hybridized carbons (Fsp3) is 0.385. The first-order chi connectivity index (χ1) is 17.8. The summed E-state index contributed by atoms with van der Waals surface area (Å²) in [7, 11) is 0. The second-order valence-corrected chi connectivity index (χ2v) is 9.77. The summed E-state index contributed by atoms with van der Waals surface area (Å²) in [6.45, 7) is 7.98. The Bertz CT molecular complexity index is 1290. The molecule has 0 bridgehead atoms. The Labute approximate surface area is 219 Å². The summed E-state index contributed by atoms with van der Waals surface area (Å²) in [4.78, 5) is 31.8. The zero-order valence-electron chi connectivity index (χ0n) is 20.6. The van der Waals surface area contributed by atoms with Crippen LogP contribution in [0.15, 0.2) is 42.6 Å². The number of nitrogens with zero attached hydrogens (tertiary/aromatic N) is 6. The average molecular weight is 527 g/mol. The lowest BCUT2D eigenvalue weighted by molar-refractivity contribution is 0.0696. The summed E-state index contributed by atoms with van der Waals surface area (Å²) in [5.74, 6) is 0.612. The van der Waals surface area contributed by atoms with Gasteiger partial charge in [-0.3, -0.25) is 0 Å². The van der Waals surface area contributed by atoms with Gasteiger partial charge in [0, 0.05) is 50.0 Å². The number of aromatic nitrogens is 3. The maximum absolute atomic E-state index is 13.6. The lowest BCUT2D eigenvalue weighted by Gasteiger charge is -2.42. The van der Waals surface area contributed by atoms with Crippen molar-refractivity contribution < 1.29 is 19.0 Å². The molecule has 1 N–H and O–H groups in total. The van der Waals surface area contributed by atoms with E-state index < -0.39 is 5.97 Å². The maximum Gasteiger partial charge on any atom is 0.337 e. The van der Waals surface area contributed by atoms with Crippen molar-refractivity contribution in [3.8, 4) is 11.3 Å². The maximum atomic E-state index is 13.6. The van der Waals surface area contributed by atoms with Gasteiger partial charge in [-0.1, -0.05) is 11.6 Å². The van der Waals surface area contributed by atoms with Crippen molar-refractivity contribution >= 4 is 35.2 Å². The summed E-state index contributed by atoms with van der Waals surface area (Å²) < 4.78 is 19.2. The summed E-state index contributed by atoms with van der Waals surface area (Å²) in [6, 6.07) is 9.87. The molecule has 2 aliphatic rings. The normalized spacial score (nSPS) is 20.3. The van der Waals surface area contributed by atoms with E-state index in [1.165, 1.54) is 24.4 Å². The van der Waals surface area contributed by atoms with E-state index in [1.807, 2.05) is 6.07 Å². The minimum Gasteiger partial charge on any atom is -0.478 e. The smallest absolute Gasteiger partial charge is 0.337 e. The number of carbonyl (C=O) groups is 1. The van der Waals surface area contributed by atoms with E-state index in [0.717, 1.165) is 17.1 Å². The number of hydrogen-bond acceptors (Lipinski definition) is 8. The lowest BCUT2D eigenvalue weighted by atomic mass is 10.1. The van der Waals surface area contributed by atoms with Crippen molar-refractivity contribution in [1.82, 2.24) is 15.0 Å². The van der Waals surface area contributed by atoms with Crippen molar-refractivity contribution in [1.29, 1.82) is 0 Å². The number of pyridine rings is 1. The van der Waals surface area contributed by atoms with Crippen molar-refractivity contribution in [2.75, 3.05) is 54.1 Å². The van der Waals surface area contributed by atoms with Gasteiger partial charge in [0.1, 0.15) is 17.5 Å². The van der Waals surface area contributed by atoms with Crippen LogP contribution < -0.4 is 14.7 Å². The highest BCUT2D eigenvalue weighted by Crippen LogP contribution is 2.31. The van der Waals surface area contributed by atoms with Crippen LogP contribution in [0.2, 0.25) is 5.02 Å². The SMILES string of the molecule is C[C@@H]1CN(c2ncc(C(=O)O)cc2Cl)CCN1c1cc(-c2ccc(F)cc2)nc(N2CCOC[C@@H]2C)n1. The number of halogens is 2. The molecule has 11 heteroatoms. The van der Waals surface area contributed by atoms with Crippen molar-refractivity contribution in [2.45, 2.75) is 25.9 Å². The van der Waals surface area contributed by atoms with Crippen molar-refractivity contribution in [3.63, 3.8) is 0 Å². The molecule has 9 nitrogen and oxygen atoms in total. The molecule has 37 heavy (non-hydrogen) atoms. The third-order valence-corrected chi connectivity index (χ3v) is 7.03. The van der Waals surface area contributed by atoms with E-state index >= 15 is 0 Å². The van der Waals surface area contributed by atoms with E-state index in [-0.39, 0.29) is 23.5 Å². The van der Waals surface area contributed by atoms with Crippen LogP contribution in [0.25, 0.3) is 11.3 Å². The number of hydrogen-bond donors (Lipinski definition) is 1. The quantitative estimate of drug-likeness (QED) is 0.530. The first-order valence-electron chi connectivity index (χ1n) is 12.2. The first-order valence-corrected chi connectivity index (χ1v) is 12.6. The van der Waals surface area contributed by atoms with Gasteiger partial charge in [-0.2, -0.15) is 4.98 Å². The largest absolute Gasteiger partial charge is 0.478 e. The number of ether oxygens (including phenoxy) is 1. The minimum absolute atomic E-state index is 0.0525. The minimum atomic E-state index is -1.06. The Kier molecular flexibility index (Phi) is 7.12. The predicted molar refractivity (Wildman–Crippen MR) is 140 cm³/mol. The standard InChI is InChI=1S/C26H28ClFN6O3/c1-16-14-32(24-21(27)11-19(13-29-24)25(35)36)7-8-33(16)23-12-22(18-3-5-20(28)6-4-18)30-26(31-23)34-9-10-37-15-17(34)2/h3-6,11-13,16-17H,7-10,14-15H2,1-2H3,(H,35,36)/t16-,17+/m1/s1. The van der Waals surface area contributed by atoms with Crippen LogP contribution in [0.1, 0.15) is 24.2 Å². The number of piperazine rings is 1. The van der Waals surface area contributed by atoms with E-state index in [9.17, 15) is 14.3 Å². The van der Waals surface area contributed by atoms with Crippen LogP contribution >= 0.6 is 11.6 Å². The fourth-order valence-electron chi connectivity index (χ4n) is 4.76. The highest BCUT2D eigenvalue weighted by atomic mass is 35.5. The second kappa shape index (κ2) is 10.5. The number of carboxylic acid groups (broad SMARTS) is 1. The molecule has 2 aromatic heterocycles. The molecule has 2 fully saturated rings. The molecule has 194 valence electrons. The summed E-state index contributed by atoms with van der Waals surface area (Å²) >= 11 is 6.38. The van der Waals surface area contributed by atoms with Gasteiger partial charge in [0.2, 0.25) is 5.95 Å². The zero-order valence-corrected chi connectivity index (χ0v) is 21.4.